The summed E-state index contributed by atoms with van der Waals surface area (Å²) in [5.41, 5.74) is -7.09. The molecular weight excluding hydrogens is 648 g/mol. The lowest BCUT2D eigenvalue weighted by molar-refractivity contribution is -0.426. The maximum Gasteiger partial charge on any atom is 0.338 e. The van der Waals surface area contributed by atoms with Crippen LogP contribution in [-0.4, -0.2) is 92.1 Å². The van der Waals surface area contributed by atoms with E-state index in [0.717, 1.165) is 0 Å². The summed E-state index contributed by atoms with van der Waals surface area (Å²) in [5.74, 6) is -7.56. The van der Waals surface area contributed by atoms with Crippen LogP contribution in [0.5, 0.6) is 0 Å². The molecule has 266 valence electrons. The van der Waals surface area contributed by atoms with Crippen molar-refractivity contribution in [3.63, 3.8) is 0 Å². The van der Waals surface area contributed by atoms with Crippen molar-refractivity contribution in [2.75, 3.05) is 0 Å². The van der Waals surface area contributed by atoms with Crippen molar-refractivity contribution < 1.29 is 58.1 Å². The highest BCUT2D eigenvalue weighted by Gasteiger charge is 2.86. The van der Waals surface area contributed by atoms with Crippen molar-refractivity contribution in [1.29, 1.82) is 0 Å². The standard InChI is InChI=1S/C38H42O12/c1-19(2)37-29(46-31(41)23-14-10-8-11-15-23)21(4)38-25-18-20(3)28(45-22(5)39)36(25,44)33(47-32(42)24-16-12-9-13-17-24)34(6,43)27(40)26(38)30(37)48-35(7,49-37)50-38/h8-18,21,25-30,33,40,43-44H,1H2,2-7H3/t21-,25-,26+,27+,28+,29+,30-,33-,34-,35-,36-,37+,38+/m1/s1. The number of benzene rings is 2. The van der Waals surface area contributed by atoms with Gasteiger partial charge >= 0.3 is 17.9 Å². The Hall–Kier alpha value is -3.91. The molecule has 2 saturated carbocycles. The number of rotatable bonds is 6. The summed E-state index contributed by atoms with van der Waals surface area (Å²) in [6, 6.07) is 16.4. The number of esters is 3. The average molecular weight is 691 g/mol. The number of hydrogen-bond acceptors (Lipinski definition) is 12. The van der Waals surface area contributed by atoms with Crippen molar-refractivity contribution in [2.24, 2.45) is 17.8 Å². The molecule has 50 heavy (non-hydrogen) atoms. The molecule has 0 unspecified atom stereocenters. The molecule has 2 saturated heterocycles. The zero-order valence-electron chi connectivity index (χ0n) is 28.7. The summed E-state index contributed by atoms with van der Waals surface area (Å²) in [5, 5.41) is 38.3. The van der Waals surface area contributed by atoms with Crippen LogP contribution >= 0.6 is 0 Å². The second-order valence-electron chi connectivity index (χ2n) is 14.6. The summed E-state index contributed by atoms with van der Waals surface area (Å²) in [4.78, 5) is 40.1. The SMILES string of the molecule is C=C(C)[C@@]12O[C@@]3(C)O[C@@H]1[C@@H]1[C@H](O)[C@@](C)(O)[C@@H](OC(=O)c4ccccc4)[C@@]4(O)[C@@H](C=C(C)[C@@H]4OC(C)=O)[C@@]1(O3)[C@H](C)[C@@H]2OC(=O)c1ccccc1. The van der Waals surface area contributed by atoms with E-state index in [-0.39, 0.29) is 11.1 Å². The first-order chi connectivity index (χ1) is 23.4. The first-order valence-electron chi connectivity index (χ1n) is 16.7. The molecule has 2 heterocycles. The second kappa shape index (κ2) is 11.3. The summed E-state index contributed by atoms with van der Waals surface area (Å²) >= 11 is 0. The van der Waals surface area contributed by atoms with Crippen LogP contribution in [0.25, 0.3) is 0 Å². The maximum atomic E-state index is 13.8. The van der Waals surface area contributed by atoms with Crippen molar-refractivity contribution >= 4 is 17.9 Å². The molecule has 0 spiro atoms. The molecule has 12 nitrogen and oxygen atoms in total. The summed E-state index contributed by atoms with van der Waals surface area (Å²) in [6.07, 6.45) is -5.90. The topological polar surface area (TPSA) is 167 Å². The third-order valence-electron chi connectivity index (χ3n) is 11.5. The maximum absolute atomic E-state index is 13.8. The molecular formula is C38H42O12. The van der Waals surface area contributed by atoms with Gasteiger partial charge in [-0.25, -0.2) is 9.59 Å². The van der Waals surface area contributed by atoms with Crippen LogP contribution in [0.2, 0.25) is 0 Å². The molecule has 0 amide bonds. The van der Waals surface area contributed by atoms with Crippen molar-refractivity contribution in [3.8, 4) is 0 Å². The molecule has 12 heteroatoms. The first-order valence-corrected chi connectivity index (χ1v) is 16.7. The van der Waals surface area contributed by atoms with Gasteiger partial charge in [-0.05, 0) is 56.2 Å². The second-order valence-corrected chi connectivity index (χ2v) is 14.6. The predicted octanol–water partition coefficient (Wildman–Crippen LogP) is 3.24. The summed E-state index contributed by atoms with van der Waals surface area (Å²) in [7, 11) is 0. The van der Waals surface area contributed by atoms with E-state index in [9.17, 15) is 29.7 Å². The molecule has 4 fully saturated rings. The quantitative estimate of drug-likeness (QED) is 0.230. The molecule has 2 aromatic carbocycles. The largest absolute Gasteiger partial charge is 0.455 e. The van der Waals surface area contributed by atoms with E-state index in [2.05, 4.69) is 6.58 Å². The van der Waals surface area contributed by atoms with Gasteiger partial charge in [0, 0.05) is 31.6 Å². The van der Waals surface area contributed by atoms with E-state index in [0.29, 0.717) is 11.1 Å². The molecule has 0 radical (unpaired) electrons. The summed E-state index contributed by atoms with van der Waals surface area (Å²) < 4.78 is 38.1. The molecule has 0 aromatic heterocycles. The number of aliphatic hydroxyl groups is 3. The van der Waals surface area contributed by atoms with E-state index >= 15 is 0 Å². The van der Waals surface area contributed by atoms with Crippen LogP contribution in [0.15, 0.2) is 84.5 Å². The van der Waals surface area contributed by atoms with Crippen LogP contribution in [0.4, 0.5) is 0 Å². The van der Waals surface area contributed by atoms with Crippen molar-refractivity contribution in [3.05, 3.63) is 95.6 Å². The van der Waals surface area contributed by atoms with E-state index in [1.54, 1.807) is 75.4 Å². The zero-order valence-corrected chi connectivity index (χ0v) is 28.7. The fourth-order valence-corrected chi connectivity index (χ4v) is 9.54. The van der Waals surface area contributed by atoms with Gasteiger partial charge in [0.1, 0.15) is 17.8 Å². The normalized spacial score (nSPS) is 43.9. The molecule has 3 aliphatic carbocycles. The number of carbonyl (C=O) groups excluding carboxylic acids is 3. The Bertz CT molecular complexity index is 1770. The molecule has 2 aromatic rings. The van der Waals surface area contributed by atoms with E-state index < -0.39 is 94.6 Å². The van der Waals surface area contributed by atoms with Gasteiger partial charge in [-0.2, -0.15) is 0 Å². The highest BCUT2D eigenvalue weighted by molar-refractivity contribution is 5.90. The molecule has 7 rings (SSSR count). The lowest BCUT2D eigenvalue weighted by Crippen LogP contribution is -2.77. The minimum Gasteiger partial charge on any atom is -0.455 e. The minimum absolute atomic E-state index is 0.118. The molecule has 5 aliphatic rings. The summed E-state index contributed by atoms with van der Waals surface area (Å²) in [6.45, 7) is 13.2. The Morgan fingerprint density at radius 1 is 0.860 bits per heavy atom. The highest BCUT2D eigenvalue weighted by atomic mass is 16.9. The van der Waals surface area contributed by atoms with E-state index in [4.69, 9.17) is 28.4 Å². The van der Waals surface area contributed by atoms with Crippen LogP contribution in [-0.2, 0) is 33.2 Å². The van der Waals surface area contributed by atoms with Gasteiger partial charge in [-0.15, -0.1) is 0 Å². The Balaban J connectivity index is 1.47. The number of hydrogen-bond donors (Lipinski definition) is 3. The monoisotopic (exact) mass is 690 g/mol. The Morgan fingerprint density at radius 3 is 1.96 bits per heavy atom. The lowest BCUT2D eigenvalue weighted by atomic mass is 9.52. The Morgan fingerprint density at radius 2 is 1.42 bits per heavy atom. The number of fused-ring (bicyclic) bond motifs is 2. The van der Waals surface area contributed by atoms with Crippen LogP contribution in [0.3, 0.4) is 0 Å². The molecule has 3 N–H and O–H groups in total. The smallest absolute Gasteiger partial charge is 0.338 e. The van der Waals surface area contributed by atoms with Crippen molar-refractivity contribution in [1.82, 2.24) is 0 Å². The van der Waals surface area contributed by atoms with Gasteiger partial charge in [0.2, 0.25) is 0 Å². The molecule has 2 aliphatic heterocycles. The van der Waals surface area contributed by atoms with E-state index in [1.807, 2.05) is 0 Å². The predicted molar refractivity (Wildman–Crippen MR) is 174 cm³/mol. The first kappa shape index (κ1) is 34.5. The average Bonchev–Trinajstić information content (AvgIpc) is 3.44. The van der Waals surface area contributed by atoms with Gasteiger partial charge in [-0.1, -0.05) is 56.0 Å². The van der Waals surface area contributed by atoms with Gasteiger partial charge in [0.05, 0.1) is 22.8 Å². The van der Waals surface area contributed by atoms with Crippen molar-refractivity contribution in [2.45, 2.75) is 100 Å². The van der Waals surface area contributed by atoms with Gasteiger partial charge in [-0.3, -0.25) is 4.79 Å². The van der Waals surface area contributed by atoms with Gasteiger partial charge < -0.3 is 43.7 Å². The fourth-order valence-electron chi connectivity index (χ4n) is 9.54. The Labute approximate surface area is 289 Å². The Kier molecular flexibility index (Phi) is 7.80. The number of carbonyl (C=O) groups is 3. The van der Waals surface area contributed by atoms with Gasteiger partial charge in [0.15, 0.2) is 23.4 Å². The molecule has 13 atom stereocenters. The number of aliphatic hydroxyl groups excluding tert-OH is 1. The molecule has 3 bridgehead atoms. The third-order valence-corrected chi connectivity index (χ3v) is 11.5. The van der Waals surface area contributed by atoms with Crippen LogP contribution in [0, 0.1) is 17.8 Å². The third kappa shape index (κ3) is 4.49. The van der Waals surface area contributed by atoms with Crippen LogP contribution in [0.1, 0.15) is 62.3 Å². The minimum atomic E-state index is -2.45. The van der Waals surface area contributed by atoms with Gasteiger partial charge in [0.25, 0.3) is 5.97 Å². The zero-order chi connectivity index (χ0) is 36.2. The highest BCUT2D eigenvalue weighted by Crippen LogP contribution is 2.70. The number of ether oxygens (including phenoxy) is 6. The van der Waals surface area contributed by atoms with E-state index in [1.165, 1.54) is 32.9 Å². The lowest BCUT2D eigenvalue weighted by Gasteiger charge is -2.62. The van der Waals surface area contributed by atoms with Crippen LogP contribution < -0.4 is 0 Å². The fraction of sp³-hybridized carbons (Fsp3) is 0.500.